The maximum Gasteiger partial charge on any atom is 0.326 e. The van der Waals surface area contributed by atoms with E-state index in [-0.39, 0.29) is 32.1 Å². The Bertz CT molecular complexity index is 2410. The van der Waals surface area contributed by atoms with Gasteiger partial charge in [0, 0.05) is 42.3 Å². The molecular weight excluding hydrogens is 791 g/mol. The molecule has 0 aromatic carbocycles. The number of aliphatic imine (C=N–C) groups is 3. The smallest absolute Gasteiger partial charge is 0.326 e. The number of carbonyl (C=O) groups excluding carboxylic acids is 3. The third-order valence-corrected chi connectivity index (χ3v) is 10.7. The van der Waals surface area contributed by atoms with Gasteiger partial charge in [0.05, 0.1) is 46.3 Å². The van der Waals surface area contributed by atoms with Gasteiger partial charge in [0.1, 0.15) is 23.5 Å². The molecule has 3 atom stereocenters. The fourth-order valence-corrected chi connectivity index (χ4v) is 7.33. The number of allylic oxidation sites excluding steroid dienone is 11. The zero-order chi connectivity index (χ0) is 44.9. The van der Waals surface area contributed by atoms with Gasteiger partial charge in [0.15, 0.2) is 0 Å². The number of amides is 2. The summed E-state index contributed by atoms with van der Waals surface area (Å²) in [6.07, 6.45) is 9.70. The summed E-state index contributed by atoms with van der Waals surface area (Å²) in [6, 6.07) is -3.07. The van der Waals surface area contributed by atoms with Crippen molar-refractivity contribution in [2.75, 3.05) is 0 Å². The first-order valence-electron chi connectivity index (χ1n) is 19.2. The topological polar surface area (TPSA) is 289 Å². The number of aliphatic carboxylic acids is 3. The van der Waals surface area contributed by atoms with Crippen LogP contribution < -0.4 is 21.4 Å². The molecule has 320 valence electrons. The van der Waals surface area contributed by atoms with E-state index < -0.39 is 59.6 Å². The second-order valence-corrected chi connectivity index (χ2v) is 15.0. The Labute approximate surface area is 350 Å². The zero-order valence-electron chi connectivity index (χ0n) is 34.2. The molecule has 2 amide bonds. The number of hydroxylamine groups is 1. The summed E-state index contributed by atoms with van der Waals surface area (Å²) in [5.74, 6) is -6.00. The summed E-state index contributed by atoms with van der Waals surface area (Å²) in [7, 11) is 0. The second kappa shape index (κ2) is 18.5. The van der Waals surface area contributed by atoms with Gasteiger partial charge >= 0.3 is 17.9 Å². The third kappa shape index (κ3) is 10.0. The molecule has 0 aromatic rings. The molecule has 0 radical (unpaired) electrons. The molecule has 61 heavy (non-hydrogen) atoms. The first kappa shape index (κ1) is 45.0. The molecule has 0 spiro atoms. The van der Waals surface area contributed by atoms with Crippen molar-refractivity contribution in [1.82, 2.24) is 21.4 Å². The fraction of sp³-hybridized carbons (Fsp3) is 0.326. The highest BCUT2D eigenvalue weighted by atomic mass is 16.5. The number of nitrogens with zero attached hydrogens (tertiary/aromatic N) is 3. The van der Waals surface area contributed by atoms with Gasteiger partial charge in [-0.15, -0.1) is 0 Å². The molecule has 0 aromatic heterocycles. The maximum absolute atomic E-state index is 13.1. The van der Waals surface area contributed by atoms with E-state index in [1.165, 1.54) is 19.2 Å². The summed E-state index contributed by atoms with van der Waals surface area (Å²) < 4.78 is 0. The number of nitrogens with one attached hydrogen (secondary N) is 4. The van der Waals surface area contributed by atoms with Crippen molar-refractivity contribution in [1.29, 1.82) is 0 Å². The van der Waals surface area contributed by atoms with Crippen LogP contribution in [0.25, 0.3) is 0 Å². The van der Waals surface area contributed by atoms with Gasteiger partial charge in [-0.25, -0.2) is 24.6 Å². The van der Waals surface area contributed by atoms with Crippen molar-refractivity contribution in [3.63, 3.8) is 0 Å². The van der Waals surface area contributed by atoms with Crippen LogP contribution in [0.1, 0.15) is 73.1 Å². The Balaban J connectivity index is 1.66. The van der Waals surface area contributed by atoms with E-state index in [0.29, 0.717) is 79.1 Å². The molecular formula is C43H47N7O11. The summed E-state index contributed by atoms with van der Waals surface area (Å²) in [5.41, 5.74) is 8.04. The second-order valence-electron chi connectivity index (χ2n) is 15.0. The third-order valence-electron chi connectivity index (χ3n) is 10.7. The summed E-state index contributed by atoms with van der Waals surface area (Å²) in [6.45, 7) is 12.2. The van der Waals surface area contributed by atoms with Crippen LogP contribution in [-0.2, 0) is 28.8 Å². The molecule has 8 bridgehead atoms. The van der Waals surface area contributed by atoms with Crippen LogP contribution in [0.3, 0.4) is 0 Å². The number of ketones is 1. The van der Waals surface area contributed by atoms with Crippen molar-refractivity contribution < 1.29 is 54.4 Å². The van der Waals surface area contributed by atoms with Crippen LogP contribution in [0.4, 0.5) is 0 Å². The highest BCUT2D eigenvalue weighted by Crippen LogP contribution is 2.40. The summed E-state index contributed by atoms with van der Waals surface area (Å²) in [5, 5.41) is 57.6. The molecule has 3 unspecified atom stereocenters. The highest BCUT2D eigenvalue weighted by molar-refractivity contribution is 6.18. The molecule has 5 rings (SSSR count). The molecule has 18 heteroatoms. The van der Waals surface area contributed by atoms with Gasteiger partial charge in [-0.05, 0) is 106 Å². The number of aliphatic hydroxyl groups is 1. The first-order valence-corrected chi connectivity index (χ1v) is 19.2. The molecule has 0 saturated carbocycles. The lowest BCUT2D eigenvalue weighted by Crippen LogP contribution is -2.42. The lowest BCUT2D eigenvalue weighted by molar-refractivity contribution is -0.147. The molecule has 18 nitrogen and oxygen atoms in total. The Kier molecular flexibility index (Phi) is 13.6. The first-order chi connectivity index (χ1) is 28.7. The number of carboxylic acid groups (broad SMARTS) is 3. The molecule has 0 saturated heterocycles. The number of hydrogen-bond donors (Lipinski definition) is 9. The van der Waals surface area contributed by atoms with E-state index in [0.717, 1.165) is 5.57 Å². The predicted molar refractivity (Wildman–Crippen MR) is 223 cm³/mol. The van der Waals surface area contributed by atoms with Crippen LogP contribution in [0.5, 0.6) is 0 Å². The van der Waals surface area contributed by atoms with Gasteiger partial charge in [-0.2, -0.15) is 0 Å². The molecule has 9 N–H and O–H groups in total. The molecule has 0 aliphatic carbocycles. The highest BCUT2D eigenvalue weighted by Gasteiger charge is 2.39. The van der Waals surface area contributed by atoms with Gasteiger partial charge in [0.25, 0.3) is 0 Å². The minimum atomic E-state index is -1.66. The Morgan fingerprint density at radius 3 is 1.90 bits per heavy atom. The minimum Gasteiger partial charge on any atom is -0.481 e. The Morgan fingerprint density at radius 1 is 0.770 bits per heavy atom. The number of fused-ring (bicyclic) bond motifs is 5. The number of Topliss-reactive ketones (excluding diaryl/α,β-unsaturated/α-hetero) is 1. The number of carboxylic acids is 3. The summed E-state index contributed by atoms with van der Waals surface area (Å²) in [4.78, 5) is 87.4. The van der Waals surface area contributed by atoms with Crippen LogP contribution in [0.15, 0.2) is 132 Å². The molecule has 5 aliphatic heterocycles. The lowest BCUT2D eigenvalue weighted by Gasteiger charge is -2.20. The minimum absolute atomic E-state index is 0.0152. The van der Waals surface area contributed by atoms with E-state index in [1.807, 2.05) is 19.3 Å². The van der Waals surface area contributed by atoms with Crippen molar-refractivity contribution in [2.45, 2.75) is 90.8 Å². The van der Waals surface area contributed by atoms with Gasteiger partial charge in [-0.1, -0.05) is 12.7 Å². The molecule has 5 heterocycles. The van der Waals surface area contributed by atoms with E-state index >= 15 is 0 Å². The number of carbonyl (C=O) groups is 6. The monoisotopic (exact) mass is 837 g/mol. The normalized spacial score (nSPS) is 20.5. The SMILES string of the molecule is C=CC1=C(C)C2=CC3=C(/C=C/NO)C(C)(O)C(=CC4=NC(=CC5=NC(=CC1=N2)C(C)=C5CCC(=O)NC(CC(C)=O)C(=O)O)C(CCC(=O)NC(CC(=O)O)C(=O)O)=C4C)N3. The molecule has 0 fully saturated rings. The van der Waals surface area contributed by atoms with Gasteiger partial charge in [-0.3, -0.25) is 29.9 Å². The number of rotatable bonds is 17. The predicted octanol–water partition coefficient (Wildman–Crippen LogP) is 3.29. The van der Waals surface area contributed by atoms with Crippen LogP contribution in [0, 0.1) is 0 Å². The number of hydrogen-bond acceptors (Lipinski definition) is 13. The van der Waals surface area contributed by atoms with E-state index in [1.54, 1.807) is 44.2 Å². The quantitative estimate of drug-likeness (QED) is 0.0952. The largest absolute Gasteiger partial charge is 0.481 e. The van der Waals surface area contributed by atoms with Crippen molar-refractivity contribution in [3.8, 4) is 0 Å². The zero-order valence-corrected chi connectivity index (χ0v) is 34.2. The lowest BCUT2D eigenvalue weighted by atomic mass is 9.92. The standard InChI is InChI=1S/C43H47N7O11/c1-7-24-21(3)29-16-34-27(12-13-44-61)43(6,60)37(48-34)18-30-23(5)26(9-11-39(53)50-36(42(58)59)19-40(54)55)33(47-30)17-32-25(22(4)28(46-32)15-31(24)45-29)8-10-38(52)49-35(41(56)57)14-20(2)51/h7,12-13,15-18,35-36,44,48,60-61H,1,8-11,14,19H2,2-6H3,(H,49,52)(H,50,53)(H,54,55)(H,56,57)(H,58,59)/b13-12+,28-15?,29-16?,33-17?,37-18?. The van der Waals surface area contributed by atoms with Crippen molar-refractivity contribution in [2.24, 2.45) is 15.0 Å². The Morgan fingerprint density at radius 2 is 1.33 bits per heavy atom. The van der Waals surface area contributed by atoms with E-state index in [9.17, 15) is 49.3 Å². The maximum atomic E-state index is 13.1. The van der Waals surface area contributed by atoms with Gasteiger partial charge < -0.3 is 36.4 Å². The van der Waals surface area contributed by atoms with Crippen LogP contribution in [-0.4, -0.2) is 96.0 Å². The average Bonchev–Trinajstić information content (AvgIpc) is 3.81. The van der Waals surface area contributed by atoms with Gasteiger partial charge in [0.2, 0.25) is 11.8 Å². The Hall–Kier alpha value is -7.05. The van der Waals surface area contributed by atoms with Crippen LogP contribution >= 0.6 is 0 Å². The van der Waals surface area contributed by atoms with E-state index in [2.05, 4.69) is 22.5 Å². The average molecular weight is 838 g/mol. The summed E-state index contributed by atoms with van der Waals surface area (Å²) >= 11 is 0. The fourth-order valence-electron chi connectivity index (χ4n) is 7.33. The van der Waals surface area contributed by atoms with E-state index in [4.69, 9.17) is 20.1 Å². The van der Waals surface area contributed by atoms with Crippen molar-refractivity contribution >= 4 is 52.6 Å². The molecule has 5 aliphatic rings. The van der Waals surface area contributed by atoms with Crippen LogP contribution in [0.2, 0.25) is 0 Å². The van der Waals surface area contributed by atoms with Crippen molar-refractivity contribution in [3.05, 3.63) is 117 Å².